The zero-order chi connectivity index (χ0) is 9.54. The van der Waals surface area contributed by atoms with Crippen molar-refractivity contribution in [3.05, 3.63) is 0 Å². The maximum Gasteiger partial charge on any atom is 0.0483 e. The van der Waals surface area contributed by atoms with E-state index in [1.54, 1.807) is 0 Å². The molecule has 80 valence electrons. The van der Waals surface area contributed by atoms with Gasteiger partial charge in [0.1, 0.15) is 0 Å². The Morgan fingerprint density at radius 3 is 2.57 bits per heavy atom. The Hall–Kier alpha value is -0.0800. The average Bonchev–Trinajstić information content (AvgIpc) is 2.71. The van der Waals surface area contributed by atoms with Crippen LogP contribution in [-0.2, 0) is 0 Å². The average molecular weight is 195 g/mol. The van der Waals surface area contributed by atoms with Crippen molar-refractivity contribution < 1.29 is 5.11 Å². The van der Waals surface area contributed by atoms with Gasteiger partial charge in [-0.2, -0.15) is 0 Å². The fraction of sp³-hybridized carbons (Fsp3) is 1.00. The van der Waals surface area contributed by atoms with Crippen LogP contribution in [0.15, 0.2) is 0 Å². The molecule has 0 aromatic carbocycles. The summed E-state index contributed by atoms with van der Waals surface area (Å²) in [5.41, 5.74) is 0. The highest BCUT2D eigenvalue weighted by Gasteiger charge is 2.41. The molecule has 1 N–H and O–H groups in total. The summed E-state index contributed by atoms with van der Waals surface area (Å²) in [7, 11) is 0. The minimum absolute atomic E-state index is 0.396. The molecule has 2 aliphatic carbocycles. The van der Waals surface area contributed by atoms with Crippen molar-refractivity contribution in [3.8, 4) is 0 Å². The molecule has 2 bridgehead atoms. The standard InChI is InChI=1S/C12H21NO/c14-8-10-5-13(6-10)7-12-4-9-1-2-11(12)3-9/h9-12,14H,1-8H2. The van der Waals surface area contributed by atoms with E-state index in [0.717, 1.165) is 30.8 Å². The van der Waals surface area contributed by atoms with Crippen LogP contribution in [0.5, 0.6) is 0 Å². The predicted octanol–water partition coefficient (Wildman–Crippen LogP) is 1.35. The Morgan fingerprint density at radius 2 is 2.00 bits per heavy atom. The van der Waals surface area contributed by atoms with Gasteiger partial charge in [0.2, 0.25) is 0 Å². The van der Waals surface area contributed by atoms with Gasteiger partial charge in [0, 0.05) is 32.2 Å². The van der Waals surface area contributed by atoms with Gasteiger partial charge in [-0.25, -0.2) is 0 Å². The molecule has 1 aliphatic heterocycles. The van der Waals surface area contributed by atoms with Crippen molar-refractivity contribution in [2.24, 2.45) is 23.7 Å². The lowest BCUT2D eigenvalue weighted by atomic mass is 9.87. The zero-order valence-electron chi connectivity index (χ0n) is 8.86. The summed E-state index contributed by atoms with van der Waals surface area (Å²) in [5.74, 6) is 3.75. The second-order valence-electron chi connectivity index (χ2n) is 5.70. The van der Waals surface area contributed by atoms with Gasteiger partial charge < -0.3 is 10.0 Å². The van der Waals surface area contributed by atoms with Crippen LogP contribution in [0.2, 0.25) is 0 Å². The van der Waals surface area contributed by atoms with Crippen molar-refractivity contribution in [1.82, 2.24) is 4.90 Å². The summed E-state index contributed by atoms with van der Waals surface area (Å²) >= 11 is 0. The number of hydrogen-bond acceptors (Lipinski definition) is 2. The SMILES string of the molecule is OCC1CN(CC2CC3CCC2C3)C1. The monoisotopic (exact) mass is 195 g/mol. The summed E-state index contributed by atoms with van der Waals surface area (Å²) in [4.78, 5) is 2.55. The minimum Gasteiger partial charge on any atom is -0.396 e. The van der Waals surface area contributed by atoms with Crippen molar-refractivity contribution in [3.63, 3.8) is 0 Å². The molecule has 0 radical (unpaired) electrons. The van der Waals surface area contributed by atoms with Gasteiger partial charge in [-0.3, -0.25) is 0 Å². The second-order valence-corrected chi connectivity index (χ2v) is 5.70. The highest BCUT2D eigenvalue weighted by atomic mass is 16.3. The van der Waals surface area contributed by atoms with Gasteiger partial charge in [0.05, 0.1) is 0 Å². The molecule has 1 heterocycles. The second kappa shape index (κ2) is 3.49. The molecule has 14 heavy (non-hydrogen) atoms. The molecule has 3 atom stereocenters. The van der Waals surface area contributed by atoms with E-state index in [4.69, 9.17) is 5.11 Å². The van der Waals surface area contributed by atoms with Crippen LogP contribution in [-0.4, -0.2) is 36.2 Å². The van der Waals surface area contributed by atoms with E-state index in [1.165, 1.54) is 32.2 Å². The van der Waals surface area contributed by atoms with Crippen LogP contribution in [0.4, 0.5) is 0 Å². The van der Waals surface area contributed by atoms with Gasteiger partial charge >= 0.3 is 0 Å². The number of likely N-dealkylation sites (tertiary alicyclic amines) is 1. The van der Waals surface area contributed by atoms with E-state index in [2.05, 4.69) is 4.90 Å². The van der Waals surface area contributed by atoms with E-state index in [1.807, 2.05) is 0 Å². The molecule has 0 amide bonds. The first-order chi connectivity index (χ1) is 6.85. The molecule has 0 aromatic rings. The summed E-state index contributed by atoms with van der Waals surface area (Å²) in [6, 6.07) is 0. The van der Waals surface area contributed by atoms with Crippen LogP contribution in [0, 0.1) is 23.7 Å². The van der Waals surface area contributed by atoms with Crippen LogP contribution >= 0.6 is 0 Å². The molecular weight excluding hydrogens is 174 g/mol. The van der Waals surface area contributed by atoms with Crippen LogP contribution in [0.25, 0.3) is 0 Å². The Kier molecular flexibility index (Phi) is 2.29. The van der Waals surface area contributed by atoms with Gasteiger partial charge in [-0.05, 0) is 37.0 Å². The molecule has 1 saturated heterocycles. The third-order valence-corrected chi connectivity index (χ3v) is 4.67. The quantitative estimate of drug-likeness (QED) is 0.734. The Balaban J connectivity index is 1.46. The molecule has 3 unspecified atom stereocenters. The molecule has 2 saturated carbocycles. The first-order valence-electron chi connectivity index (χ1n) is 6.18. The van der Waals surface area contributed by atoms with E-state index in [0.29, 0.717) is 12.5 Å². The van der Waals surface area contributed by atoms with Crippen molar-refractivity contribution >= 4 is 0 Å². The molecule has 0 aromatic heterocycles. The van der Waals surface area contributed by atoms with Crippen molar-refractivity contribution in [2.75, 3.05) is 26.2 Å². The normalized spacial score (nSPS) is 43.1. The Bertz CT molecular complexity index is 212. The summed E-state index contributed by atoms with van der Waals surface area (Å²) in [6.45, 7) is 4.04. The van der Waals surface area contributed by atoms with Gasteiger partial charge in [-0.15, -0.1) is 0 Å². The smallest absolute Gasteiger partial charge is 0.0483 e. The number of nitrogens with zero attached hydrogens (tertiary/aromatic N) is 1. The lowest BCUT2D eigenvalue weighted by molar-refractivity contribution is 0.0341. The Labute approximate surface area is 86.3 Å². The fourth-order valence-corrected chi connectivity index (χ4v) is 3.87. The van der Waals surface area contributed by atoms with Gasteiger partial charge in [0.25, 0.3) is 0 Å². The molecule has 0 spiro atoms. The number of aliphatic hydroxyl groups is 1. The molecule has 2 nitrogen and oxygen atoms in total. The first kappa shape index (κ1) is 9.17. The van der Waals surface area contributed by atoms with E-state index >= 15 is 0 Å². The van der Waals surface area contributed by atoms with Gasteiger partial charge in [0.15, 0.2) is 0 Å². The number of fused-ring (bicyclic) bond motifs is 2. The maximum absolute atomic E-state index is 8.94. The van der Waals surface area contributed by atoms with Crippen molar-refractivity contribution in [1.29, 1.82) is 0 Å². The predicted molar refractivity (Wildman–Crippen MR) is 56.0 cm³/mol. The summed E-state index contributed by atoms with van der Waals surface area (Å²) < 4.78 is 0. The number of hydrogen-bond donors (Lipinski definition) is 1. The third-order valence-electron chi connectivity index (χ3n) is 4.67. The molecule has 2 heteroatoms. The summed E-state index contributed by atoms with van der Waals surface area (Å²) in [5, 5.41) is 8.94. The highest BCUT2D eigenvalue weighted by molar-refractivity contribution is 4.93. The van der Waals surface area contributed by atoms with Crippen LogP contribution in [0.1, 0.15) is 25.7 Å². The molecule has 3 rings (SSSR count). The largest absolute Gasteiger partial charge is 0.396 e. The number of aliphatic hydroxyl groups excluding tert-OH is 1. The van der Waals surface area contributed by atoms with Gasteiger partial charge in [-0.1, -0.05) is 6.42 Å². The summed E-state index contributed by atoms with van der Waals surface area (Å²) in [6.07, 6.45) is 6.06. The highest BCUT2D eigenvalue weighted by Crippen LogP contribution is 2.48. The van der Waals surface area contributed by atoms with E-state index < -0.39 is 0 Å². The molecule has 3 aliphatic rings. The third kappa shape index (κ3) is 1.49. The lowest BCUT2D eigenvalue weighted by Crippen LogP contribution is -2.50. The fourth-order valence-electron chi connectivity index (χ4n) is 3.87. The first-order valence-corrected chi connectivity index (χ1v) is 6.18. The van der Waals surface area contributed by atoms with Crippen molar-refractivity contribution in [2.45, 2.75) is 25.7 Å². The van der Waals surface area contributed by atoms with E-state index in [-0.39, 0.29) is 0 Å². The topological polar surface area (TPSA) is 23.5 Å². The molecular formula is C12H21NO. The maximum atomic E-state index is 8.94. The van der Waals surface area contributed by atoms with Crippen LogP contribution < -0.4 is 0 Å². The zero-order valence-corrected chi connectivity index (χ0v) is 8.86. The minimum atomic E-state index is 0.396. The number of rotatable bonds is 3. The van der Waals surface area contributed by atoms with E-state index in [9.17, 15) is 0 Å². The lowest BCUT2D eigenvalue weighted by Gasteiger charge is -2.41. The Morgan fingerprint density at radius 1 is 1.14 bits per heavy atom. The van der Waals surface area contributed by atoms with Crippen LogP contribution in [0.3, 0.4) is 0 Å². The molecule has 3 fully saturated rings.